The first-order chi connectivity index (χ1) is 13.0. The summed E-state index contributed by atoms with van der Waals surface area (Å²) < 4.78 is 15.1. The molecule has 1 unspecified atom stereocenters. The van der Waals surface area contributed by atoms with Crippen LogP contribution in [0.1, 0.15) is 34.7 Å². The molecule has 0 aliphatic carbocycles. The fourth-order valence-corrected chi connectivity index (χ4v) is 3.29. The van der Waals surface area contributed by atoms with Crippen molar-refractivity contribution in [3.63, 3.8) is 0 Å². The molecule has 1 amide bonds. The van der Waals surface area contributed by atoms with Crippen molar-refractivity contribution < 1.29 is 9.18 Å². The molecule has 0 N–H and O–H groups in total. The summed E-state index contributed by atoms with van der Waals surface area (Å²) in [6, 6.07) is 7.49. The minimum atomic E-state index is -0.680. The largest absolute Gasteiger partial charge is 0.306 e. The number of hydrogen-bond acceptors (Lipinski definition) is 4. The molecule has 1 atom stereocenters. The Balaban J connectivity index is 1.70. The highest BCUT2D eigenvalue weighted by Crippen LogP contribution is 2.34. The Morgan fingerprint density at radius 2 is 2.00 bits per heavy atom. The van der Waals surface area contributed by atoms with Crippen molar-refractivity contribution in [3.05, 3.63) is 75.5 Å². The predicted octanol–water partition coefficient (Wildman–Crippen LogP) is 4.30. The maximum Gasteiger partial charge on any atom is 0.259 e. The highest BCUT2D eigenvalue weighted by molar-refractivity contribution is 6.44. The van der Waals surface area contributed by atoms with E-state index in [0.717, 1.165) is 11.8 Å². The van der Waals surface area contributed by atoms with E-state index in [0.29, 0.717) is 11.5 Å². The minimum Gasteiger partial charge on any atom is -0.306 e. The van der Waals surface area contributed by atoms with Crippen molar-refractivity contribution in [1.29, 1.82) is 0 Å². The lowest BCUT2D eigenvalue weighted by Gasteiger charge is -2.28. The normalized spacial score (nSPS) is 15.7. The second-order valence-corrected chi connectivity index (χ2v) is 6.64. The van der Waals surface area contributed by atoms with Gasteiger partial charge in [-0.25, -0.2) is 9.37 Å². The molecule has 9 heteroatoms. The number of carbonyl (C=O) groups is 1. The second-order valence-electron chi connectivity index (χ2n) is 5.89. The first-order valence-corrected chi connectivity index (χ1v) is 8.76. The van der Waals surface area contributed by atoms with E-state index in [2.05, 4.69) is 15.3 Å². The first-order valence-electron chi connectivity index (χ1n) is 8.00. The monoisotopic (exact) mass is 403 g/mol. The van der Waals surface area contributed by atoms with Crippen molar-refractivity contribution in [2.75, 3.05) is 0 Å². The van der Waals surface area contributed by atoms with E-state index in [1.165, 1.54) is 11.0 Å². The number of nitrogens with zero attached hydrogens (tertiary/aromatic N) is 5. The van der Waals surface area contributed by atoms with Gasteiger partial charge < -0.3 is 4.90 Å². The Labute approximate surface area is 163 Å². The Morgan fingerprint density at radius 3 is 2.74 bits per heavy atom. The molecule has 3 heterocycles. The van der Waals surface area contributed by atoms with Crippen LogP contribution in [0.25, 0.3) is 11.9 Å². The molecule has 0 saturated heterocycles. The number of amides is 1. The third-order valence-corrected chi connectivity index (χ3v) is 5.16. The standard InChI is InChI=1S/C18H12Cl2FN5O/c1-10-17-13(26(24-23-17)14-4-2-3-8-22-14)7-9-25(10)18(27)11-5-6-12(21)16(20)15(11)19/h2-10H,1H3. The van der Waals surface area contributed by atoms with Crippen LogP contribution in [0.4, 0.5) is 4.39 Å². The quantitative estimate of drug-likeness (QED) is 0.598. The van der Waals surface area contributed by atoms with E-state index in [1.807, 2.05) is 25.1 Å². The van der Waals surface area contributed by atoms with Gasteiger partial charge in [-0.1, -0.05) is 34.5 Å². The third-order valence-electron chi connectivity index (χ3n) is 4.30. The smallest absolute Gasteiger partial charge is 0.259 e. The van der Waals surface area contributed by atoms with Crippen LogP contribution in [-0.2, 0) is 0 Å². The molecule has 27 heavy (non-hydrogen) atoms. The fourth-order valence-electron chi connectivity index (χ4n) is 2.89. The summed E-state index contributed by atoms with van der Waals surface area (Å²) in [6.45, 7) is 1.82. The molecule has 0 bridgehead atoms. The van der Waals surface area contributed by atoms with E-state index in [1.54, 1.807) is 23.2 Å². The van der Waals surface area contributed by atoms with Gasteiger partial charge in [-0.05, 0) is 37.3 Å². The number of fused-ring (bicyclic) bond motifs is 1. The van der Waals surface area contributed by atoms with Crippen LogP contribution < -0.4 is 0 Å². The van der Waals surface area contributed by atoms with Gasteiger partial charge in [0.05, 0.1) is 27.3 Å². The number of hydrogen-bond donors (Lipinski definition) is 0. The third kappa shape index (κ3) is 2.89. The average Bonchev–Trinajstić information content (AvgIpc) is 3.12. The summed E-state index contributed by atoms with van der Waals surface area (Å²) in [5.74, 6) is -0.471. The zero-order chi connectivity index (χ0) is 19.1. The minimum absolute atomic E-state index is 0.111. The van der Waals surface area contributed by atoms with Crippen molar-refractivity contribution in [2.24, 2.45) is 0 Å². The SMILES string of the molecule is CC1c2nnn(-c3ccccn3)c2C=CN1C(=O)c1ccc(F)c(Cl)c1Cl. The number of halogens is 3. The Hall–Kier alpha value is -2.77. The van der Waals surface area contributed by atoms with E-state index >= 15 is 0 Å². The van der Waals surface area contributed by atoms with Crippen LogP contribution in [0, 0.1) is 5.82 Å². The highest BCUT2D eigenvalue weighted by atomic mass is 35.5. The van der Waals surface area contributed by atoms with Gasteiger partial charge in [-0.2, -0.15) is 4.68 Å². The van der Waals surface area contributed by atoms with Gasteiger partial charge in [0.15, 0.2) is 5.82 Å². The molecule has 6 nitrogen and oxygen atoms in total. The van der Waals surface area contributed by atoms with Gasteiger partial charge in [-0.3, -0.25) is 4.79 Å². The number of pyridine rings is 1. The maximum atomic E-state index is 13.5. The number of benzene rings is 1. The molecule has 1 aliphatic rings. The second kappa shape index (κ2) is 6.75. The summed E-state index contributed by atoms with van der Waals surface area (Å²) in [6.07, 6.45) is 5.00. The van der Waals surface area contributed by atoms with E-state index in [9.17, 15) is 9.18 Å². The first kappa shape index (κ1) is 17.6. The molecule has 0 saturated carbocycles. The zero-order valence-electron chi connectivity index (χ0n) is 14.0. The molecule has 1 aromatic carbocycles. The predicted molar refractivity (Wildman–Crippen MR) is 99.2 cm³/mol. The summed E-state index contributed by atoms with van der Waals surface area (Å²) in [5, 5.41) is 7.95. The summed E-state index contributed by atoms with van der Waals surface area (Å²) in [5.41, 5.74) is 1.45. The van der Waals surface area contributed by atoms with Gasteiger partial charge >= 0.3 is 0 Å². The number of carbonyl (C=O) groups excluding carboxylic acids is 1. The Bertz CT molecular complexity index is 1070. The molecular weight excluding hydrogens is 392 g/mol. The van der Waals surface area contributed by atoms with Gasteiger partial charge in [0.1, 0.15) is 11.5 Å². The molecule has 0 fully saturated rings. The maximum absolute atomic E-state index is 13.5. The van der Waals surface area contributed by atoms with E-state index in [4.69, 9.17) is 23.2 Å². The van der Waals surface area contributed by atoms with Crippen LogP contribution >= 0.6 is 23.2 Å². The number of aromatic nitrogens is 4. The van der Waals surface area contributed by atoms with Crippen molar-refractivity contribution in [1.82, 2.24) is 24.9 Å². The Morgan fingerprint density at radius 1 is 1.19 bits per heavy atom. The van der Waals surface area contributed by atoms with Crippen LogP contribution in [-0.4, -0.2) is 30.8 Å². The fraction of sp³-hybridized carbons (Fsp3) is 0.111. The zero-order valence-corrected chi connectivity index (χ0v) is 15.5. The molecule has 136 valence electrons. The highest BCUT2D eigenvalue weighted by Gasteiger charge is 2.31. The van der Waals surface area contributed by atoms with Crippen molar-refractivity contribution in [2.45, 2.75) is 13.0 Å². The van der Waals surface area contributed by atoms with Gasteiger partial charge in [-0.15, -0.1) is 5.10 Å². The van der Waals surface area contributed by atoms with Gasteiger partial charge in [0, 0.05) is 12.4 Å². The number of rotatable bonds is 2. The van der Waals surface area contributed by atoms with Gasteiger partial charge in [0.2, 0.25) is 0 Å². The van der Waals surface area contributed by atoms with E-state index in [-0.39, 0.29) is 15.6 Å². The van der Waals surface area contributed by atoms with Crippen LogP contribution in [0.3, 0.4) is 0 Å². The van der Waals surface area contributed by atoms with Crippen molar-refractivity contribution in [3.8, 4) is 5.82 Å². The lowest BCUT2D eigenvalue weighted by Crippen LogP contribution is -2.31. The van der Waals surface area contributed by atoms with Crippen molar-refractivity contribution >= 4 is 35.2 Å². The lowest BCUT2D eigenvalue weighted by molar-refractivity contribution is 0.0774. The van der Waals surface area contributed by atoms with Crippen LogP contribution in [0.15, 0.2) is 42.7 Å². The summed E-state index contributed by atoms with van der Waals surface area (Å²) >= 11 is 11.9. The molecule has 0 radical (unpaired) electrons. The van der Waals surface area contributed by atoms with Gasteiger partial charge in [0.25, 0.3) is 5.91 Å². The molecule has 4 rings (SSSR count). The average molecular weight is 404 g/mol. The van der Waals surface area contributed by atoms with E-state index < -0.39 is 17.8 Å². The summed E-state index contributed by atoms with van der Waals surface area (Å²) in [7, 11) is 0. The molecule has 0 spiro atoms. The molecule has 3 aromatic rings. The molecule has 1 aliphatic heterocycles. The Kier molecular flexibility index (Phi) is 4.41. The van der Waals surface area contributed by atoms with Crippen LogP contribution in [0.2, 0.25) is 10.0 Å². The lowest BCUT2D eigenvalue weighted by atomic mass is 10.1. The molecular formula is C18H12Cl2FN5O. The van der Waals surface area contributed by atoms with Crippen LogP contribution in [0.5, 0.6) is 0 Å². The molecule has 2 aromatic heterocycles. The summed E-state index contributed by atoms with van der Waals surface area (Å²) in [4.78, 5) is 18.6. The topological polar surface area (TPSA) is 63.9 Å².